The highest BCUT2D eigenvalue weighted by Crippen LogP contribution is 2.25. The van der Waals surface area contributed by atoms with E-state index in [1.54, 1.807) is 34.1 Å². The first-order valence-electron chi connectivity index (χ1n) is 10.7. The molecule has 4 rings (SSSR count). The maximum Gasteiger partial charge on any atom is 0.261 e. The molecule has 1 saturated heterocycles. The molecule has 33 heavy (non-hydrogen) atoms. The monoisotopic (exact) mass is 487 g/mol. The van der Waals surface area contributed by atoms with Gasteiger partial charge in [0, 0.05) is 44.2 Å². The van der Waals surface area contributed by atoms with Crippen molar-refractivity contribution in [3.63, 3.8) is 0 Å². The second kappa shape index (κ2) is 9.53. The number of hydrogen-bond acceptors (Lipinski definition) is 4. The highest BCUT2D eigenvalue weighted by molar-refractivity contribution is 6.36. The molecule has 1 fully saturated rings. The number of imide groups is 1. The molecule has 2 aromatic rings. The number of hydrogen-bond donors (Lipinski definition) is 0. The lowest BCUT2D eigenvalue weighted by Gasteiger charge is -2.35. The summed E-state index contributed by atoms with van der Waals surface area (Å²) in [5, 5.41) is 0.762. The van der Waals surface area contributed by atoms with E-state index in [9.17, 15) is 19.2 Å². The number of rotatable bonds is 5. The van der Waals surface area contributed by atoms with Gasteiger partial charge in [0.1, 0.15) is 0 Å². The van der Waals surface area contributed by atoms with Crippen LogP contribution in [0.5, 0.6) is 0 Å². The van der Waals surface area contributed by atoms with Crippen LogP contribution in [0, 0.1) is 6.92 Å². The van der Waals surface area contributed by atoms with Gasteiger partial charge in [-0.05, 0) is 43.7 Å². The Kier molecular flexibility index (Phi) is 6.72. The van der Waals surface area contributed by atoms with E-state index >= 15 is 0 Å². The van der Waals surface area contributed by atoms with Gasteiger partial charge in [-0.25, -0.2) is 0 Å². The maximum absolute atomic E-state index is 12.7. The summed E-state index contributed by atoms with van der Waals surface area (Å²) in [5.74, 6) is -0.863. The fourth-order valence-corrected chi connectivity index (χ4v) is 4.64. The van der Waals surface area contributed by atoms with E-state index in [-0.39, 0.29) is 36.6 Å². The van der Waals surface area contributed by atoms with Crippen molar-refractivity contribution in [2.45, 2.75) is 19.8 Å². The first-order valence-corrected chi connectivity index (χ1v) is 11.5. The number of halogens is 2. The Bertz CT molecular complexity index is 1140. The molecule has 2 aliphatic rings. The normalized spacial score (nSPS) is 15.8. The highest BCUT2D eigenvalue weighted by Gasteiger charge is 2.35. The van der Waals surface area contributed by atoms with Crippen LogP contribution in [0.1, 0.15) is 49.5 Å². The highest BCUT2D eigenvalue weighted by atomic mass is 35.5. The lowest BCUT2D eigenvalue weighted by atomic mass is 10.1. The summed E-state index contributed by atoms with van der Waals surface area (Å²) in [4.78, 5) is 55.0. The van der Waals surface area contributed by atoms with Crippen molar-refractivity contribution in [2.24, 2.45) is 0 Å². The summed E-state index contributed by atoms with van der Waals surface area (Å²) >= 11 is 12.0. The predicted octanol–water partition coefficient (Wildman–Crippen LogP) is 3.66. The van der Waals surface area contributed by atoms with E-state index in [2.05, 4.69) is 0 Å². The van der Waals surface area contributed by atoms with Crippen LogP contribution < -0.4 is 0 Å². The van der Waals surface area contributed by atoms with Crippen LogP contribution in [0.25, 0.3) is 0 Å². The minimum Gasteiger partial charge on any atom is -0.339 e. The number of benzene rings is 2. The van der Waals surface area contributed by atoms with Crippen LogP contribution in [0.3, 0.4) is 0 Å². The molecule has 0 bridgehead atoms. The molecule has 2 heterocycles. The van der Waals surface area contributed by atoms with Crippen molar-refractivity contribution in [3.05, 3.63) is 68.7 Å². The fourth-order valence-electron chi connectivity index (χ4n) is 4.15. The van der Waals surface area contributed by atoms with Gasteiger partial charge >= 0.3 is 0 Å². The summed E-state index contributed by atoms with van der Waals surface area (Å²) in [6.45, 7) is 3.72. The van der Waals surface area contributed by atoms with Crippen LogP contribution in [0.15, 0.2) is 36.4 Å². The minimum absolute atomic E-state index is 0.0564. The van der Waals surface area contributed by atoms with Gasteiger partial charge in [-0.1, -0.05) is 34.8 Å². The van der Waals surface area contributed by atoms with Crippen molar-refractivity contribution in [1.29, 1.82) is 0 Å². The summed E-state index contributed by atoms with van der Waals surface area (Å²) in [6.07, 6.45) is 0.617. The van der Waals surface area contributed by atoms with Crippen LogP contribution in [-0.2, 0) is 4.79 Å². The summed E-state index contributed by atoms with van der Waals surface area (Å²) < 4.78 is 0. The van der Waals surface area contributed by atoms with Crippen LogP contribution in [0.4, 0.5) is 0 Å². The van der Waals surface area contributed by atoms with Crippen molar-refractivity contribution in [3.8, 4) is 0 Å². The third-order valence-electron chi connectivity index (χ3n) is 5.98. The largest absolute Gasteiger partial charge is 0.339 e. The molecule has 0 unspecified atom stereocenters. The van der Waals surface area contributed by atoms with E-state index < -0.39 is 0 Å². The zero-order valence-electron chi connectivity index (χ0n) is 18.1. The number of carbonyl (C=O) groups excluding carboxylic acids is 4. The molecule has 172 valence electrons. The van der Waals surface area contributed by atoms with E-state index in [1.807, 2.05) is 13.0 Å². The molecule has 0 atom stereocenters. The molecular weight excluding hydrogens is 465 g/mol. The maximum atomic E-state index is 12.7. The van der Waals surface area contributed by atoms with E-state index in [0.29, 0.717) is 59.3 Å². The van der Waals surface area contributed by atoms with Gasteiger partial charge < -0.3 is 9.80 Å². The van der Waals surface area contributed by atoms with E-state index in [4.69, 9.17) is 23.2 Å². The molecule has 2 aromatic carbocycles. The van der Waals surface area contributed by atoms with Gasteiger partial charge in [0.2, 0.25) is 5.91 Å². The van der Waals surface area contributed by atoms with Crippen molar-refractivity contribution in [1.82, 2.24) is 14.7 Å². The average molecular weight is 488 g/mol. The average Bonchev–Trinajstić information content (AvgIpc) is 3.03. The van der Waals surface area contributed by atoms with Gasteiger partial charge in [0.15, 0.2) is 0 Å². The fraction of sp³-hybridized carbons (Fsp3) is 0.333. The molecule has 0 spiro atoms. The molecule has 0 radical (unpaired) electrons. The van der Waals surface area contributed by atoms with Gasteiger partial charge in [0.25, 0.3) is 17.7 Å². The number of aryl methyl sites for hydroxylation is 1. The second-order valence-corrected chi connectivity index (χ2v) is 9.06. The number of carbonyl (C=O) groups is 4. The number of piperazine rings is 1. The van der Waals surface area contributed by atoms with Gasteiger partial charge in [-0.3, -0.25) is 24.1 Å². The van der Waals surface area contributed by atoms with Crippen molar-refractivity contribution in [2.75, 3.05) is 32.7 Å². The zero-order valence-corrected chi connectivity index (χ0v) is 19.7. The standard InChI is InChI=1S/C24H23Cl2N3O4/c1-15-4-6-17-19(13-15)24(33)29(23(17)32)8-2-3-21(30)27-9-11-28(12-10-27)22(31)18-7-5-16(25)14-20(18)26/h4-7,13-14H,2-3,8-12H2,1H3. The number of fused-ring (bicyclic) bond motifs is 1. The van der Waals surface area contributed by atoms with Gasteiger partial charge in [-0.15, -0.1) is 0 Å². The molecule has 4 amide bonds. The molecule has 0 aromatic heterocycles. The number of amides is 4. The molecule has 7 nitrogen and oxygen atoms in total. The summed E-state index contributed by atoms with van der Waals surface area (Å²) in [7, 11) is 0. The number of nitrogens with zero attached hydrogens (tertiary/aromatic N) is 3. The quantitative estimate of drug-likeness (QED) is 0.602. The van der Waals surface area contributed by atoms with Crippen LogP contribution >= 0.6 is 23.2 Å². The minimum atomic E-state index is -0.310. The molecule has 9 heteroatoms. The van der Waals surface area contributed by atoms with Crippen molar-refractivity contribution >= 4 is 46.8 Å². The van der Waals surface area contributed by atoms with E-state index in [1.165, 1.54) is 11.0 Å². The second-order valence-electron chi connectivity index (χ2n) is 8.21. The molecule has 0 aliphatic carbocycles. The summed E-state index contributed by atoms with van der Waals surface area (Å²) in [5.41, 5.74) is 2.14. The Balaban J connectivity index is 1.26. The molecule has 0 saturated carbocycles. The van der Waals surface area contributed by atoms with Crippen LogP contribution in [-0.4, -0.2) is 71.1 Å². The Morgan fingerprint density at radius 2 is 1.55 bits per heavy atom. The van der Waals surface area contributed by atoms with Crippen LogP contribution in [0.2, 0.25) is 10.0 Å². The third-order valence-corrected chi connectivity index (χ3v) is 6.53. The first-order chi connectivity index (χ1) is 15.8. The van der Waals surface area contributed by atoms with Gasteiger partial charge in [-0.2, -0.15) is 0 Å². The summed E-state index contributed by atoms with van der Waals surface area (Å²) in [6, 6.07) is 9.96. The van der Waals surface area contributed by atoms with Crippen molar-refractivity contribution < 1.29 is 19.2 Å². The SMILES string of the molecule is Cc1ccc2c(c1)C(=O)N(CCCC(=O)N1CCN(C(=O)c3ccc(Cl)cc3Cl)CC1)C2=O. The topological polar surface area (TPSA) is 78.0 Å². The lowest BCUT2D eigenvalue weighted by Crippen LogP contribution is -2.50. The van der Waals surface area contributed by atoms with E-state index in [0.717, 1.165) is 5.56 Å². The molecule has 0 N–H and O–H groups in total. The molecule has 2 aliphatic heterocycles. The molecular formula is C24H23Cl2N3O4. The Morgan fingerprint density at radius 3 is 2.24 bits per heavy atom. The lowest BCUT2D eigenvalue weighted by molar-refractivity contribution is -0.132. The van der Waals surface area contributed by atoms with Gasteiger partial charge in [0.05, 0.1) is 21.7 Å². The predicted molar refractivity (Wildman–Crippen MR) is 125 cm³/mol. The Morgan fingerprint density at radius 1 is 0.879 bits per heavy atom. The Labute approximate surface area is 201 Å². The Hall–Kier alpha value is -2.90. The smallest absolute Gasteiger partial charge is 0.261 e. The first kappa shape index (κ1) is 23.3. The zero-order chi connectivity index (χ0) is 23.7. The third kappa shape index (κ3) is 4.75.